The van der Waals surface area contributed by atoms with E-state index >= 15 is 0 Å². The Bertz CT molecular complexity index is 500. The van der Waals surface area contributed by atoms with Crippen LogP contribution >= 0.6 is 0 Å². The summed E-state index contributed by atoms with van der Waals surface area (Å²) >= 11 is 0. The Labute approximate surface area is 100 Å². The van der Waals surface area contributed by atoms with E-state index in [1.165, 1.54) is 0 Å². The van der Waals surface area contributed by atoms with Gasteiger partial charge in [0.1, 0.15) is 11.6 Å². The third-order valence-electron chi connectivity index (χ3n) is 2.16. The van der Waals surface area contributed by atoms with Gasteiger partial charge in [0.2, 0.25) is 0 Å². The molecule has 4 heteroatoms. The van der Waals surface area contributed by atoms with Gasteiger partial charge in [-0.1, -0.05) is 30.3 Å². The summed E-state index contributed by atoms with van der Waals surface area (Å²) in [6, 6.07) is 11.8. The van der Waals surface area contributed by atoms with E-state index in [0.717, 1.165) is 17.1 Å². The molecular weight excluding hydrogens is 212 g/mol. The lowest BCUT2D eigenvalue weighted by Gasteiger charge is -2.01. The average molecular weight is 226 g/mol. The largest absolute Gasteiger partial charge is 0.261 e. The maximum atomic E-state index is 4.23. The van der Waals surface area contributed by atoms with Crippen molar-refractivity contribution in [1.29, 1.82) is 0 Å². The van der Waals surface area contributed by atoms with E-state index in [9.17, 15) is 0 Å². The Hall–Kier alpha value is -2.23. The smallest absolute Gasteiger partial charge is 0.150 e. The molecule has 0 amide bonds. The third-order valence-corrected chi connectivity index (χ3v) is 2.16. The molecule has 0 aliphatic carbocycles. The molecule has 0 unspecified atom stereocenters. The van der Waals surface area contributed by atoms with E-state index in [2.05, 4.69) is 20.5 Å². The number of aryl methyl sites for hydroxylation is 2. The van der Waals surface area contributed by atoms with Crippen molar-refractivity contribution < 1.29 is 0 Å². The van der Waals surface area contributed by atoms with E-state index in [1.807, 2.05) is 50.2 Å². The highest BCUT2D eigenvalue weighted by Crippen LogP contribution is 2.05. The molecule has 1 aromatic carbocycles. The van der Waals surface area contributed by atoms with E-state index in [-0.39, 0.29) is 0 Å². The number of anilines is 1. The number of nitrogens with one attached hydrogen (secondary N) is 1. The van der Waals surface area contributed by atoms with Gasteiger partial charge < -0.3 is 0 Å². The van der Waals surface area contributed by atoms with Crippen molar-refractivity contribution in [3.05, 3.63) is 53.5 Å². The van der Waals surface area contributed by atoms with Gasteiger partial charge in [-0.05, 0) is 19.4 Å². The second-order valence-electron chi connectivity index (χ2n) is 3.72. The fraction of sp³-hybridized carbons (Fsp3) is 0.154. The number of hydrogen-bond acceptors (Lipinski definition) is 4. The highest BCUT2D eigenvalue weighted by Gasteiger charge is 1.96. The van der Waals surface area contributed by atoms with Gasteiger partial charge in [-0.2, -0.15) is 5.10 Å². The molecule has 17 heavy (non-hydrogen) atoms. The summed E-state index contributed by atoms with van der Waals surface area (Å²) in [6.45, 7) is 3.79. The van der Waals surface area contributed by atoms with Crippen molar-refractivity contribution in [2.45, 2.75) is 13.8 Å². The maximum Gasteiger partial charge on any atom is 0.150 e. The maximum absolute atomic E-state index is 4.23. The Morgan fingerprint density at radius 3 is 2.59 bits per heavy atom. The molecule has 0 aliphatic heterocycles. The normalized spacial score (nSPS) is 10.7. The molecule has 0 saturated carbocycles. The summed E-state index contributed by atoms with van der Waals surface area (Å²) in [5.41, 5.74) is 4.86. The van der Waals surface area contributed by atoms with Gasteiger partial charge >= 0.3 is 0 Å². The lowest BCUT2D eigenvalue weighted by molar-refractivity contribution is 1.01. The zero-order valence-electron chi connectivity index (χ0n) is 9.88. The molecule has 1 aromatic heterocycles. The summed E-state index contributed by atoms with van der Waals surface area (Å²) < 4.78 is 0. The Balaban J connectivity index is 2.05. The second-order valence-corrected chi connectivity index (χ2v) is 3.72. The van der Waals surface area contributed by atoms with E-state index in [1.54, 1.807) is 6.21 Å². The van der Waals surface area contributed by atoms with Crippen molar-refractivity contribution in [1.82, 2.24) is 9.97 Å². The zero-order valence-corrected chi connectivity index (χ0v) is 9.88. The highest BCUT2D eigenvalue weighted by atomic mass is 15.3. The number of aromatic nitrogens is 2. The molecule has 0 aliphatic rings. The third kappa shape index (κ3) is 3.38. The van der Waals surface area contributed by atoms with Gasteiger partial charge in [0, 0.05) is 11.8 Å². The molecule has 86 valence electrons. The molecule has 2 aromatic rings. The highest BCUT2D eigenvalue weighted by molar-refractivity contribution is 5.79. The average Bonchev–Trinajstić information content (AvgIpc) is 2.29. The first-order chi connectivity index (χ1) is 8.24. The van der Waals surface area contributed by atoms with Crippen LogP contribution in [-0.2, 0) is 0 Å². The first-order valence-corrected chi connectivity index (χ1v) is 5.40. The van der Waals surface area contributed by atoms with Crippen molar-refractivity contribution in [3.8, 4) is 0 Å². The van der Waals surface area contributed by atoms with Crippen LogP contribution in [0.2, 0.25) is 0 Å². The fourth-order valence-electron chi connectivity index (χ4n) is 1.49. The summed E-state index contributed by atoms with van der Waals surface area (Å²) in [6.07, 6.45) is 1.76. The SMILES string of the molecule is Cc1cc(N/N=C/c2ccccc2)nc(C)n1. The zero-order chi connectivity index (χ0) is 12.1. The minimum Gasteiger partial charge on any atom is -0.261 e. The van der Waals surface area contributed by atoms with Gasteiger partial charge in [0.15, 0.2) is 0 Å². The first-order valence-electron chi connectivity index (χ1n) is 5.40. The predicted molar refractivity (Wildman–Crippen MR) is 69.2 cm³/mol. The number of hydrazone groups is 1. The molecule has 0 bridgehead atoms. The predicted octanol–water partition coefficient (Wildman–Crippen LogP) is 2.54. The van der Waals surface area contributed by atoms with Gasteiger partial charge in [-0.3, -0.25) is 5.43 Å². The fourth-order valence-corrected chi connectivity index (χ4v) is 1.49. The van der Waals surface area contributed by atoms with Crippen molar-refractivity contribution in [3.63, 3.8) is 0 Å². The molecule has 0 spiro atoms. The second kappa shape index (κ2) is 5.21. The topological polar surface area (TPSA) is 50.2 Å². The molecule has 1 N–H and O–H groups in total. The van der Waals surface area contributed by atoms with Crippen molar-refractivity contribution >= 4 is 12.0 Å². The first kappa shape index (κ1) is 11.3. The molecule has 0 saturated heterocycles. The van der Waals surface area contributed by atoms with Gasteiger partial charge in [-0.25, -0.2) is 9.97 Å². The van der Waals surface area contributed by atoms with Crippen LogP contribution in [-0.4, -0.2) is 16.2 Å². The van der Waals surface area contributed by atoms with Crippen LogP contribution in [0.4, 0.5) is 5.82 Å². The van der Waals surface area contributed by atoms with E-state index < -0.39 is 0 Å². The lowest BCUT2D eigenvalue weighted by Crippen LogP contribution is -1.98. The van der Waals surface area contributed by atoms with Crippen LogP contribution < -0.4 is 5.43 Å². The van der Waals surface area contributed by atoms with Crippen LogP contribution in [0, 0.1) is 13.8 Å². The summed E-state index contributed by atoms with van der Waals surface area (Å²) in [4.78, 5) is 8.43. The summed E-state index contributed by atoms with van der Waals surface area (Å²) in [5, 5.41) is 4.13. The Kier molecular flexibility index (Phi) is 3.45. The summed E-state index contributed by atoms with van der Waals surface area (Å²) in [7, 11) is 0. The van der Waals surface area contributed by atoms with Crippen molar-refractivity contribution in [2.24, 2.45) is 5.10 Å². The minimum absolute atomic E-state index is 0.710. The van der Waals surface area contributed by atoms with E-state index in [4.69, 9.17) is 0 Å². The molecule has 0 radical (unpaired) electrons. The van der Waals surface area contributed by atoms with Crippen LogP contribution in [0.5, 0.6) is 0 Å². The summed E-state index contributed by atoms with van der Waals surface area (Å²) in [5.74, 6) is 1.45. The van der Waals surface area contributed by atoms with Crippen LogP contribution in [0.25, 0.3) is 0 Å². The number of nitrogens with zero attached hydrogens (tertiary/aromatic N) is 3. The number of hydrogen-bond donors (Lipinski definition) is 1. The molecule has 4 nitrogen and oxygen atoms in total. The number of rotatable bonds is 3. The van der Waals surface area contributed by atoms with Crippen molar-refractivity contribution in [2.75, 3.05) is 5.43 Å². The monoisotopic (exact) mass is 226 g/mol. The number of benzene rings is 1. The standard InChI is InChI=1S/C13H14N4/c1-10-8-13(16-11(2)15-10)17-14-9-12-6-4-3-5-7-12/h3-9H,1-2H3,(H,15,16,17)/b14-9+. The minimum atomic E-state index is 0.710. The lowest BCUT2D eigenvalue weighted by atomic mass is 10.2. The van der Waals surface area contributed by atoms with Gasteiger partial charge in [0.25, 0.3) is 0 Å². The molecule has 2 rings (SSSR count). The van der Waals surface area contributed by atoms with Gasteiger partial charge in [-0.15, -0.1) is 0 Å². The molecule has 0 atom stereocenters. The Morgan fingerprint density at radius 2 is 1.88 bits per heavy atom. The van der Waals surface area contributed by atoms with Crippen LogP contribution in [0.3, 0.4) is 0 Å². The molecule has 0 fully saturated rings. The van der Waals surface area contributed by atoms with Crippen LogP contribution in [0.1, 0.15) is 17.1 Å². The van der Waals surface area contributed by atoms with Gasteiger partial charge in [0.05, 0.1) is 6.21 Å². The van der Waals surface area contributed by atoms with Crippen LogP contribution in [0.15, 0.2) is 41.5 Å². The quantitative estimate of drug-likeness (QED) is 0.646. The van der Waals surface area contributed by atoms with E-state index in [0.29, 0.717) is 5.82 Å². The molecular formula is C13H14N4. The Morgan fingerprint density at radius 1 is 1.12 bits per heavy atom. The molecule has 1 heterocycles.